The number of esters is 1. The van der Waals surface area contributed by atoms with E-state index >= 15 is 0 Å². The van der Waals surface area contributed by atoms with Crippen molar-refractivity contribution in [2.45, 2.75) is 0 Å². The number of rotatable bonds is 1. The molecule has 0 saturated carbocycles. The van der Waals surface area contributed by atoms with Crippen molar-refractivity contribution in [3.8, 4) is 0 Å². The maximum absolute atomic E-state index is 11.2. The van der Waals surface area contributed by atoms with Gasteiger partial charge in [-0.3, -0.25) is 4.79 Å². The molecule has 2 rings (SSSR count). The molecule has 0 bridgehead atoms. The van der Waals surface area contributed by atoms with E-state index in [4.69, 9.17) is 4.42 Å². The average molecular weight is 193 g/mol. The number of hydrogen-bond donors (Lipinski definition) is 1. The number of carbonyl (C=O) groups is 1. The third-order valence-corrected chi connectivity index (χ3v) is 1.84. The minimum Gasteiger partial charge on any atom is -0.463 e. The van der Waals surface area contributed by atoms with E-state index in [1.165, 1.54) is 19.4 Å². The second-order valence-electron chi connectivity index (χ2n) is 2.69. The van der Waals surface area contributed by atoms with Crippen LogP contribution in [0.15, 0.2) is 27.5 Å². The minimum atomic E-state index is -0.597. The van der Waals surface area contributed by atoms with E-state index in [1.807, 2.05) is 0 Å². The fourth-order valence-corrected chi connectivity index (χ4v) is 1.18. The van der Waals surface area contributed by atoms with Gasteiger partial charge in [-0.25, -0.2) is 4.79 Å². The molecule has 0 unspecified atom stereocenters. The molecule has 72 valence electrons. The molecule has 0 aliphatic rings. The summed E-state index contributed by atoms with van der Waals surface area (Å²) in [6.07, 6.45) is 1.45. The maximum Gasteiger partial charge on any atom is 0.373 e. The van der Waals surface area contributed by atoms with Gasteiger partial charge in [0.2, 0.25) is 5.76 Å². The van der Waals surface area contributed by atoms with Crippen LogP contribution in [0.25, 0.3) is 11.0 Å². The summed E-state index contributed by atoms with van der Waals surface area (Å²) < 4.78 is 9.57. The summed E-state index contributed by atoms with van der Waals surface area (Å²) in [4.78, 5) is 24.8. The summed E-state index contributed by atoms with van der Waals surface area (Å²) in [6, 6.07) is 2.93. The molecule has 0 spiro atoms. The second-order valence-corrected chi connectivity index (χ2v) is 2.69. The Morgan fingerprint density at radius 1 is 1.57 bits per heavy atom. The van der Waals surface area contributed by atoms with E-state index < -0.39 is 5.97 Å². The Hall–Kier alpha value is -2.04. The molecule has 0 fully saturated rings. The molecule has 5 heteroatoms. The molecule has 2 aromatic heterocycles. The Kier molecular flexibility index (Phi) is 1.85. The van der Waals surface area contributed by atoms with Gasteiger partial charge in [-0.2, -0.15) is 0 Å². The predicted molar refractivity (Wildman–Crippen MR) is 48.2 cm³/mol. The second kappa shape index (κ2) is 3.02. The highest BCUT2D eigenvalue weighted by Crippen LogP contribution is 2.15. The normalized spacial score (nSPS) is 10.4. The molecule has 5 nitrogen and oxygen atoms in total. The summed E-state index contributed by atoms with van der Waals surface area (Å²) in [7, 11) is 1.25. The predicted octanol–water partition coefficient (Wildman–Crippen LogP) is 0.908. The van der Waals surface area contributed by atoms with Crippen molar-refractivity contribution in [2.75, 3.05) is 7.11 Å². The molecular weight excluding hydrogens is 186 g/mol. The Balaban J connectivity index is 2.68. The lowest BCUT2D eigenvalue weighted by Crippen LogP contribution is -2.02. The monoisotopic (exact) mass is 193 g/mol. The largest absolute Gasteiger partial charge is 0.463 e. The summed E-state index contributed by atoms with van der Waals surface area (Å²) in [5.74, 6) is -0.570. The van der Waals surface area contributed by atoms with Crippen molar-refractivity contribution in [1.29, 1.82) is 0 Å². The third kappa shape index (κ3) is 1.19. The van der Waals surface area contributed by atoms with Gasteiger partial charge in [0.25, 0.3) is 5.56 Å². The van der Waals surface area contributed by atoms with E-state index in [9.17, 15) is 9.59 Å². The number of fused-ring (bicyclic) bond motifs is 1. The maximum atomic E-state index is 11.2. The van der Waals surface area contributed by atoms with Crippen LogP contribution in [-0.4, -0.2) is 18.1 Å². The number of hydrogen-bond acceptors (Lipinski definition) is 4. The third-order valence-electron chi connectivity index (χ3n) is 1.84. The van der Waals surface area contributed by atoms with E-state index in [-0.39, 0.29) is 11.3 Å². The fraction of sp³-hybridized carbons (Fsp3) is 0.111. The van der Waals surface area contributed by atoms with Crippen LogP contribution in [0.3, 0.4) is 0 Å². The molecule has 0 amide bonds. The number of nitrogens with one attached hydrogen (secondary N) is 1. The highest BCUT2D eigenvalue weighted by atomic mass is 16.5. The lowest BCUT2D eigenvalue weighted by molar-refractivity contribution is 0.0567. The Morgan fingerprint density at radius 2 is 2.36 bits per heavy atom. The van der Waals surface area contributed by atoms with Crippen LogP contribution in [0, 0.1) is 0 Å². The van der Waals surface area contributed by atoms with E-state index in [1.54, 1.807) is 6.07 Å². The number of furan rings is 1. The van der Waals surface area contributed by atoms with E-state index in [0.717, 1.165) is 0 Å². The number of methoxy groups -OCH3 is 1. The summed E-state index contributed by atoms with van der Waals surface area (Å²) in [6.45, 7) is 0. The number of aromatic nitrogens is 1. The Morgan fingerprint density at radius 3 is 3.00 bits per heavy atom. The number of H-pyrrole nitrogens is 1. The van der Waals surface area contributed by atoms with E-state index in [2.05, 4.69) is 9.72 Å². The van der Waals surface area contributed by atoms with E-state index in [0.29, 0.717) is 11.0 Å². The lowest BCUT2D eigenvalue weighted by Gasteiger charge is -1.90. The number of ether oxygens (including phenoxy) is 1. The molecular formula is C9H7NO4. The van der Waals surface area contributed by atoms with Gasteiger partial charge >= 0.3 is 5.97 Å². The zero-order valence-corrected chi connectivity index (χ0v) is 7.37. The lowest BCUT2D eigenvalue weighted by atomic mass is 10.3. The molecule has 14 heavy (non-hydrogen) atoms. The average Bonchev–Trinajstić information content (AvgIpc) is 2.62. The Labute approximate surface area is 78.3 Å². The van der Waals surface area contributed by atoms with Gasteiger partial charge in [0.15, 0.2) is 0 Å². The molecule has 1 N–H and O–H groups in total. The summed E-state index contributed by atoms with van der Waals surface area (Å²) in [5, 5.41) is 0.341. The first kappa shape index (κ1) is 8.55. The van der Waals surface area contributed by atoms with Crippen molar-refractivity contribution in [1.82, 2.24) is 4.98 Å². The SMILES string of the molecule is COC(=O)c1cc2c(=O)[nH]ccc2o1. The van der Waals surface area contributed by atoms with Gasteiger partial charge in [0.1, 0.15) is 5.58 Å². The van der Waals surface area contributed by atoms with Crippen LogP contribution in [-0.2, 0) is 4.74 Å². The van der Waals surface area contributed by atoms with Crippen molar-refractivity contribution < 1.29 is 13.9 Å². The van der Waals surface area contributed by atoms with Crippen LogP contribution < -0.4 is 5.56 Å². The van der Waals surface area contributed by atoms with Gasteiger partial charge in [-0.05, 0) is 6.07 Å². The smallest absolute Gasteiger partial charge is 0.373 e. The van der Waals surface area contributed by atoms with Gasteiger partial charge in [-0.15, -0.1) is 0 Å². The van der Waals surface area contributed by atoms with Crippen molar-refractivity contribution in [2.24, 2.45) is 0 Å². The first-order valence-electron chi connectivity index (χ1n) is 3.92. The minimum absolute atomic E-state index is 0.0270. The molecule has 2 heterocycles. The molecule has 2 aromatic rings. The zero-order valence-electron chi connectivity index (χ0n) is 7.37. The standard InChI is InChI=1S/C9H7NO4/c1-13-9(12)7-4-5-6(14-7)2-3-10-8(5)11/h2-4H,1H3,(H,10,11). The van der Waals surface area contributed by atoms with Crippen molar-refractivity contribution in [3.05, 3.63) is 34.4 Å². The van der Waals surface area contributed by atoms with Crippen LogP contribution in [0.4, 0.5) is 0 Å². The fourth-order valence-electron chi connectivity index (χ4n) is 1.18. The topological polar surface area (TPSA) is 72.3 Å². The summed E-state index contributed by atoms with van der Waals surface area (Å²) >= 11 is 0. The molecule has 0 radical (unpaired) electrons. The number of aromatic amines is 1. The Bertz CT molecular complexity index is 537. The first-order valence-corrected chi connectivity index (χ1v) is 3.92. The van der Waals surface area contributed by atoms with Crippen LogP contribution in [0.1, 0.15) is 10.6 Å². The summed E-state index contributed by atoms with van der Waals surface area (Å²) in [5.41, 5.74) is 0.0792. The van der Waals surface area contributed by atoms with Gasteiger partial charge in [0, 0.05) is 12.3 Å². The van der Waals surface area contributed by atoms with Gasteiger partial charge in [-0.1, -0.05) is 0 Å². The first-order chi connectivity index (χ1) is 6.72. The van der Waals surface area contributed by atoms with Crippen LogP contribution in [0.5, 0.6) is 0 Å². The molecule has 0 saturated heterocycles. The highest BCUT2D eigenvalue weighted by Gasteiger charge is 2.13. The number of carbonyl (C=O) groups excluding carboxylic acids is 1. The van der Waals surface area contributed by atoms with Crippen LogP contribution in [0.2, 0.25) is 0 Å². The molecule has 0 atom stereocenters. The zero-order chi connectivity index (χ0) is 10.1. The van der Waals surface area contributed by atoms with Gasteiger partial charge in [0.05, 0.1) is 12.5 Å². The molecule has 0 aliphatic carbocycles. The van der Waals surface area contributed by atoms with Crippen molar-refractivity contribution >= 4 is 16.9 Å². The molecule has 0 aliphatic heterocycles. The van der Waals surface area contributed by atoms with Gasteiger partial charge < -0.3 is 14.1 Å². The molecule has 0 aromatic carbocycles. The van der Waals surface area contributed by atoms with Crippen molar-refractivity contribution in [3.63, 3.8) is 0 Å². The number of pyridine rings is 1. The highest BCUT2D eigenvalue weighted by molar-refractivity contribution is 5.92. The quantitative estimate of drug-likeness (QED) is 0.683. The van der Waals surface area contributed by atoms with Crippen LogP contribution >= 0.6 is 0 Å².